The third-order valence-electron chi connectivity index (χ3n) is 4.76. The average Bonchev–Trinajstić information content (AvgIpc) is 3.47. The van der Waals surface area contributed by atoms with Crippen molar-refractivity contribution in [3.8, 4) is 0 Å². The van der Waals surface area contributed by atoms with Gasteiger partial charge in [-0.1, -0.05) is 87.4 Å². The Balaban J connectivity index is -0.000000437. The van der Waals surface area contributed by atoms with Gasteiger partial charge in [-0.05, 0) is 11.1 Å². The molecule has 0 nitrogen and oxygen atoms in total. The second-order valence-corrected chi connectivity index (χ2v) is 6.54. The Hall–Kier alpha value is -0.920. The molecule has 0 radical (unpaired) electrons. The van der Waals surface area contributed by atoms with Crippen molar-refractivity contribution in [1.29, 1.82) is 0 Å². The molecule has 0 aliphatic heterocycles. The van der Waals surface area contributed by atoms with Gasteiger partial charge in [-0.15, -0.1) is 48.8 Å². The van der Waals surface area contributed by atoms with Gasteiger partial charge in [0.15, 0.2) is 0 Å². The molecular formula is C28H36Cl2SiZr-4. The molecule has 0 heterocycles. The molecular weight excluding hydrogens is 527 g/mol. The molecule has 0 atom stereocenters. The van der Waals surface area contributed by atoms with Gasteiger partial charge in [0.05, 0.1) is 0 Å². The predicted octanol–water partition coefficient (Wildman–Crippen LogP) is 8.05. The molecule has 2 aliphatic rings. The van der Waals surface area contributed by atoms with Gasteiger partial charge in [0.1, 0.15) is 0 Å². The van der Waals surface area contributed by atoms with Gasteiger partial charge in [-0.25, -0.2) is 23.3 Å². The Labute approximate surface area is 226 Å². The summed E-state index contributed by atoms with van der Waals surface area (Å²) in [5, 5.41) is 0. The van der Waals surface area contributed by atoms with Gasteiger partial charge in [0.2, 0.25) is 0 Å². The van der Waals surface area contributed by atoms with Crippen LogP contribution in [0.5, 0.6) is 0 Å². The SMILES string of the molecule is CCC1=[C-]CC(c2ccccc2)=C1.CCC1=[C-]CC(c2ccccc2)=C1.Cl.Cl.[CH3-].[CH3-].[SiH2]=[Zr]. The van der Waals surface area contributed by atoms with Crippen molar-refractivity contribution in [3.05, 3.63) is 122 Å². The summed E-state index contributed by atoms with van der Waals surface area (Å²) in [4.78, 5) is 0. The molecule has 2 aliphatic carbocycles. The van der Waals surface area contributed by atoms with E-state index in [1.807, 2.05) is 6.88 Å². The molecule has 2 aromatic rings. The molecule has 32 heavy (non-hydrogen) atoms. The van der Waals surface area contributed by atoms with Crippen molar-refractivity contribution in [2.45, 2.75) is 39.5 Å². The monoisotopic (exact) mass is 560 g/mol. The van der Waals surface area contributed by atoms with Crippen molar-refractivity contribution in [2.75, 3.05) is 0 Å². The molecule has 0 unspecified atom stereocenters. The first-order valence-electron chi connectivity index (χ1n) is 9.87. The molecule has 0 bridgehead atoms. The second-order valence-electron chi connectivity index (χ2n) is 6.54. The van der Waals surface area contributed by atoms with Crippen LogP contribution in [0, 0.1) is 27.0 Å². The molecule has 0 saturated carbocycles. The average molecular weight is 563 g/mol. The fourth-order valence-electron chi connectivity index (χ4n) is 3.17. The minimum absolute atomic E-state index is 0. The van der Waals surface area contributed by atoms with E-state index in [0.29, 0.717) is 0 Å². The van der Waals surface area contributed by atoms with Crippen LogP contribution in [-0.4, -0.2) is 6.88 Å². The van der Waals surface area contributed by atoms with Crippen LogP contribution in [0.4, 0.5) is 0 Å². The number of allylic oxidation sites excluding steroid dienone is 8. The molecule has 4 heteroatoms. The summed E-state index contributed by atoms with van der Waals surface area (Å²) < 4.78 is 0. The Morgan fingerprint density at radius 3 is 1.22 bits per heavy atom. The third kappa shape index (κ3) is 11.3. The van der Waals surface area contributed by atoms with E-state index in [1.165, 1.54) is 33.4 Å². The van der Waals surface area contributed by atoms with Crippen molar-refractivity contribution in [2.24, 2.45) is 0 Å². The van der Waals surface area contributed by atoms with Crippen LogP contribution in [0.3, 0.4) is 0 Å². The summed E-state index contributed by atoms with van der Waals surface area (Å²) in [6.45, 7) is 6.30. The zero-order valence-electron chi connectivity index (χ0n) is 19.8. The van der Waals surface area contributed by atoms with Crippen LogP contribution in [0.2, 0.25) is 0 Å². The number of halogens is 2. The Morgan fingerprint density at radius 2 is 0.969 bits per heavy atom. The zero-order chi connectivity index (χ0) is 20.2. The van der Waals surface area contributed by atoms with Gasteiger partial charge >= 0.3 is 30.2 Å². The van der Waals surface area contributed by atoms with Crippen molar-refractivity contribution in [3.63, 3.8) is 0 Å². The van der Waals surface area contributed by atoms with Gasteiger partial charge in [0.25, 0.3) is 0 Å². The fourth-order valence-corrected chi connectivity index (χ4v) is 3.17. The van der Waals surface area contributed by atoms with Crippen LogP contribution in [0.15, 0.2) is 84.0 Å². The first kappa shape index (κ1) is 35.7. The summed E-state index contributed by atoms with van der Waals surface area (Å²) in [5.74, 6) is 0. The Morgan fingerprint density at radius 1 is 0.656 bits per heavy atom. The maximum absolute atomic E-state index is 3.38. The summed E-state index contributed by atoms with van der Waals surface area (Å²) in [7, 11) is 0. The molecule has 0 aromatic heterocycles. The first-order valence-corrected chi connectivity index (χ1v) is 15.8. The molecule has 0 fully saturated rings. The second kappa shape index (κ2) is 20.7. The van der Waals surface area contributed by atoms with E-state index in [1.54, 1.807) is 23.3 Å². The summed E-state index contributed by atoms with van der Waals surface area (Å²) >= 11 is 1.58. The molecule has 0 spiro atoms. The minimum atomic E-state index is 0. The van der Waals surface area contributed by atoms with E-state index in [9.17, 15) is 0 Å². The zero-order valence-corrected chi connectivity index (χ0v) is 25.3. The number of rotatable bonds is 4. The fraction of sp³-hybridized carbons (Fsp3) is 0.214. The number of hydrogen-bond donors (Lipinski definition) is 0. The van der Waals surface area contributed by atoms with Crippen LogP contribution < -0.4 is 0 Å². The van der Waals surface area contributed by atoms with Crippen molar-refractivity contribution < 1.29 is 23.3 Å². The van der Waals surface area contributed by atoms with Crippen LogP contribution >= 0.6 is 24.8 Å². The van der Waals surface area contributed by atoms with Gasteiger partial charge < -0.3 is 14.9 Å². The molecule has 2 aromatic carbocycles. The van der Waals surface area contributed by atoms with E-state index in [-0.39, 0.29) is 39.7 Å². The van der Waals surface area contributed by atoms with Crippen molar-refractivity contribution in [1.82, 2.24) is 0 Å². The summed E-state index contributed by atoms with van der Waals surface area (Å²) in [6, 6.07) is 21.1. The number of hydrogen-bond acceptors (Lipinski definition) is 0. The normalized spacial score (nSPS) is 12.7. The molecule has 0 saturated heterocycles. The summed E-state index contributed by atoms with van der Waals surface area (Å²) in [6.07, 6.45) is 15.4. The topological polar surface area (TPSA) is 0 Å². The molecule has 4 rings (SSSR count). The predicted molar refractivity (Wildman–Crippen MR) is 148 cm³/mol. The van der Waals surface area contributed by atoms with Crippen LogP contribution in [0.25, 0.3) is 11.1 Å². The van der Waals surface area contributed by atoms with E-state index in [0.717, 1.165) is 25.7 Å². The van der Waals surface area contributed by atoms with Crippen LogP contribution in [-0.2, 0) is 23.3 Å². The van der Waals surface area contributed by atoms with E-state index >= 15 is 0 Å². The van der Waals surface area contributed by atoms with Gasteiger partial charge in [-0.3, -0.25) is 12.2 Å². The first-order chi connectivity index (χ1) is 13.8. The standard InChI is InChI=1S/2C13H13.2CH3.2ClH.H2Si.Zr/c2*1-2-11-8-9-13(10-11)12-6-4-3-5-7-12;;;;;;/h2*3-7,10H,2,9H2,1H3;2*1H3;2*1H;1H2;/q4*-1;;;;. The van der Waals surface area contributed by atoms with Crippen molar-refractivity contribution >= 4 is 42.8 Å². The molecule has 0 N–H and O–H groups in total. The Kier molecular flexibility index (Phi) is 23.0. The number of benzene rings is 2. The Bertz CT molecular complexity index is 795. The van der Waals surface area contributed by atoms with E-state index in [4.69, 9.17) is 0 Å². The van der Waals surface area contributed by atoms with Gasteiger partial charge in [-0.2, -0.15) is 0 Å². The maximum atomic E-state index is 3.38. The van der Waals surface area contributed by atoms with Gasteiger partial charge in [0, 0.05) is 0 Å². The molecule has 174 valence electrons. The van der Waals surface area contributed by atoms with E-state index in [2.05, 4.69) is 98.8 Å². The molecule has 0 amide bonds. The third-order valence-corrected chi connectivity index (χ3v) is 4.76. The summed E-state index contributed by atoms with van der Waals surface area (Å²) in [5.41, 5.74) is 8.16. The van der Waals surface area contributed by atoms with Crippen LogP contribution in [0.1, 0.15) is 50.7 Å². The van der Waals surface area contributed by atoms with E-state index < -0.39 is 0 Å². The quantitative estimate of drug-likeness (QED) is 0.261.